The Morgan fingerprint density at radius 1 is 0.762 bits per heavy atom. The lowest BCUT2D eigenvalue weighted by Gasteiger charge is -2.28. The average Bonchev–Trinajstić information content (AvgIpc) is 2.44. The van der Waals surface area contributed by atoms with Crippen molar-refractivity contribution in [2.75, 3.05) is 80.5 Å². The first-order valence-corrected chi connectivity index (χ1v) is 8.32. The quantitative estimate of drug-likeness (QED) is 0.786. The predicted molar refractivity (Wildman–Crippen MR) is 95.2 cm³/mol. The Morgan fingerprint density at radius 2 is 1.24 bits per heavy atom. The van der Waals surface area contributed by atoms with Gasteiger partial charge in [0.1, 0.15) is 0 Å². The molecule has 2 aliphatic heterocycles. The van der Waals surface area contributed by atoms with E-state index in [2.05, 4.69) is 47.8 Å². The molecule has 0 radical (unpaired) electrons. The van der Waals surface area contributed by atoms with E-state index in [1.807, 2.05) is 0 Å². The van der Waals surface area contributed by atoms with E-state index in [1.54, 1.807) is 0 Å². The van der Waals surface area contributed by atoms with E-state index in [9.17, 15) is 0 Å². The van der Waals surface area contributed by atoms with Gasteiger partial charge in [-0.25, -0.2) is 0 Å². The summed E-state index contributed by atoms with van der Waals surface area (Å²) < 4.78 is 0. The minimum absolute atomic E-state index is 0. The third kappa shape index (κ3) is 11.1. The summed E-state index contributed by atoms with van der Waals surface area (Å²) in [4.78, 5) is 9.59. The second kappa shape index (κ2) is 12.4. The summed E-state index contributed by atoms with van der Waals surface area (Å²) in [6.07, 6.45) is 5.61. The van der Waals surface area contributed by atoms with Gasteiger partial charge in [-0.15, -0.1) is 0 Å². The SMILES string of the molecule is C.CN(C)CCCN1CCCCC1.CN1CCN(C)CC1. The van der Waals surface area contributed by atoms with E-state index in [0.717, 1.165) is 0 Å². The molecule has 0 aromatic heterocycles. The summed E-state index contributed by atoms with van der Waals surface area (Å²) in [5.74, 6) is 0. The van der Waals surface area contributed by atoms with E-state index in [0.29, 0.717) is 0 Å². The zero-order valence-electron chi connectivity index (χ0n) is 14.3. The second-order valence-electron chi connectivity index (χ2n) is 6.67. The number of rotatable bonds is 4. The van der Waals surface area contributed by atoms with E-state index in [1.165, 1.54) is 78.0 Å². The normalized spacial score (nSPS) is 21.6. The summed E-state index contributed by atoms with van der Waals surface area (Å²) in [5, 5.41) is 0. The first kappa shape index (κ1) is 20.8. The van der Waals surface area contributed by atoms with Gasteiger partial charge in [-0.1, -0.05) is 13.8 Å². The molecule has 4 heteroatoms. The molecule has 0 atom stereocenters. The lowest BCUT2D eigenvalue weighted by molar-refractivity contribution is 0.181. The number of likely N-dealkylation sites (tertiary alicyclic amines) is 1. The van der Waals surface area contributed by atoms with Gasteiger partial charge in [-0.05, 0) is 73.6 Å². The van der Waals surface area contributed by atoms with Gasteiger partial charge in [0.25, 0.3) is 0 Å². The molecule has 4 nitrogen and oxygen atoms in total. The van der Waals surface area contributed by atoms with Gasteiger partial charge in [0.2, 0.25) is 0 Å². The maximum Gasteiger partial charge on any atom is 0.0107 e. The first-order chi connectivity index (χ1) is 9.58. The maximum absolute atomic E-state index is 2.60. The fourth-order valence-electron chi connectivity index (χ4n) is 2.70. The van der Waals surface area contributed by atoms with Crippen LogP contribution in [0.4, 0.5) is 0 Å². The monoisotopic (exact) mass is 300 g/mol. The molecule has 2 rings (SSSR count). The second-order valence-corrected chi connectivity index (χ2v) is 6.67. The zero-order valence-corrected chi connectivity index (χ0v) is 14.3. The smallest absolute Gasteiger partial charge is 0.0107 e. The molecule has 0 aromatic rings. The highest BCUT2D eigenvalue weighted by molar-refractivity contribution is 4.65. The van der Waals surface area contributed by atoms with Crippen molar-refractivity contribution in [3.63, 3.8) is 0 Å². The lowest BCUT2D eigenvalue weighted by Crippen LogP contribution is -2.42. The Hall–Kier alpha value is -0.160. The molecule has 2 heterocycles. The Kier molecular flexibility index (Phi) is 12.3. The van der Waals surface area contributed by atoms with Crippen LogP contribution < -0.4 is 0 Å². The number of hydrogen-bond acceptors (Lipinski definition) is 4. The third-order valence-electron chi connectivity index (χ3n) is 4.26. The highest BCUT2D eigenvalue weighted by Crippen LogP contribution is 2.08. The van der Waals surface area contributed by atoms with Crippen molar-refractivity contribution < 1.29 is 0 Å². The molecule has 2 saturated heterocycles. The van der Waals surface area contributed by atoms with Gasteiger partial charge in [0.15, 0.2) is 0 Å². The largest absolute Gasteiger partial charge is 0.309 e. The van der Waals surface area contributed by atoms with Crippen LogP contribution in [0.5, 0.6) is 0 Å². The molecule has 0 spiro atoms. The summed E-state index contributed by atoms with van der Waals surface area (Å²) in [6.45, 7) is 10.1. The third-order valence-corrected chi connectivity index (χ3v) is 4.26. The molecular formula is C17H40N4. The van der Waals surface area contributed by atoms with Crippen molar-refractivity contribution in [2.24, 2.45) is 0 Å². The van der Waals surface area contributed by atoms with Crippen molar-refractivity contribution in [3.8, 4) is 0 Å². The fraction of sp³-hybridized carbons (Fsp3) is 1.00. The van der Waals surface area contributed by atoms with Crippen LogP contribution in [-0.4, -0.2) is 100 Å². The van der Waals surface area contributed by atoms with Crippen LogP contribution in [0, 0.1) is 0 Å². The molecular weight excluding hydrogens is 260 g/mol. The van der Waals surface area contributed by atoms with Crippen LogP contribution in [0.15, 0.2) is 0 Å². The van der Waals surface area contributed by atoms with Crippen molar-refractivity contribution in [1.82, 2.24) is 19.6 Å². The number of hydrogen-bond donors (Lipinski definition) is 0. The standard InChI is InChI=1S/C10H22N2.C6H14N2.CH4/c1-11(2)7-6-10-12-8-4-3-5-9-12;1-7-3-5-8(2)6-4-7;/h3-10H2,1-2H3;3-6H2,1-2H3;1H4. The summed E-state index contributed by atoms with van der Waals surface area (Å²) in [5.41, 5.74) is 0. The van der Waals surface area contributed by atoms with Gasteiger partial charge < -0.3 is 19.6 Å². The number of nitrogens with zero attached hydrogens (tertiary/aromatic N) is 4. The molecule has 0 aromatic carbocycles. The highest BCUT2D eigenvalue weighted by Gasteiger charge is 2.09. The van der Waals surface area contributed by atoms with Gasteiger partial charge in [0, 0.05) is 26.2 Å². The van der Waals surface area contributed by atoms with Crippen LogP contribution in [0.25, 0.3) is 0 Å². The Bertz CT molecular complexity index is 209. The number of piperazine rings is 1. The molecule has 0 bridgehead atoms. The minimum atomic E-state index is 0. The van der Waals surface area contributed by atoms with Crippen molar-refractivity contribution in [2.45, 2.75) is 33.1 Å². The topological polar surface area (TPSA) is 13.0 Å². The maximum atomic E-state index is 2.60. The summed E-state index contributed by atoms with van der Waals surface area (Å²) in [7, 11) is 8.65. The number of piperidine rings is 1. The zero-order chi connectivity index (χ0) is 14.8. The van der Waals surface area contributed by atoms with Crippen molar-refractivity contribution in [3.05, 3.63) is 0 Å². The predicted octanol–water partition coefficient (Wildman–Crippen LogP) is 1.92. The van der Waals surface area contributed by atoms with Crippen LogP contribution in [0.1, 0.15) is 33.1 Å². The number of likely N-dealkylation sites (N-methyl/N-ethyl adjacent to an activating group) is 2. The Morgan fingerprint density at radius 3 is 1.67 bits per heavy atom. The molecule has 0 unspecified atom stereocenters. The summed E-state index contributed by atoms with van der Waals surface area (Å²) in [6, 6.07) is 0. The first-order valence-electron chi connectivity index (χ1n) is 8.32. The van der Waals surface area contributed by atoms with E-state index in [4.69, 9.17) is 0 Å². The molecule has 0 saturated carbocycles. The van der Waals surface area contributed by atoms with E-state index < -0.39 is 0 Å². The van der Waals surface area contributed by atoms with E-state index >= 15 is 0 Å². The molecule has 21 heavy (non-hydrogen) atoms. The van der Waals surface area contributed by atoms with Gasteiger partial charge in [-0.3, -0.25) is 0 Å². The summed E-state index contributed by atoms with van der Waals surface area (Å²) >= 11 is 0. The van der Waals surface area contributed by atoms with Gasteiger partial charge in [0.05, 0.1) is 0 Å². The average molecular weight is 301 g/mol. The molecule has 2 fully saturated rings. The molecule has 0 aliphatic carbocycles. The Balaban J connectivity index is 0.000000390. The van der Waals surface area contributed by atoms with Gasteiger partial charge in [-0.2, -0.15) is 0 Å². The van der Waals surface area contributed by atoms with Crippen LogP contribution in [0.3, 0.4) is 0 Å². The van der Waals surface area contributed by atoms with Crippen molar-refractivity contribution in [1.29, 1.82) is 0 Å². The molecule has 2 aliphatic rings. The molecule has 0 amide bonds. The van der Waals surface area contributed by atoms with Crippen LogP contribution in [0.2, 0.25) is 0 Å². The van der Waals surface area contributed by atoms with Crippen LogP contribution in [-0.2, 0) is 0 Å². The van der Waals surface area contributed by atoms with Crippen molar-refractivity contribution >= 4 is 0 Å². The van der Waals surface area contributed by atoms with Crippen LogP contribution >= 0.6 is 0 Å². The highest BCUT2D eigenvalue weighted by atomic mass is 15.2. The van der Waals surface area contributed by atoms with E-state index in [-0.39, 0.29) is 7.43 Å². The minimum Gasteiger partial charge on any atom is -0.309 e. The molecule has 0 N–H and O–H groups in total. The molecule has 128 valence electrons. The lowest BCUT2D eigenvalue weighted by atomic mass is 10.1. The Labute approximate surface area is 134 Å². The fourth-order valence-corrected chi connectivity index (χ4v) is 2.70. The van der Waals surface area contributed by atoms with Gasteiger partial charge >= 0.3 is 0 Å².